The van der Waals surface area contributed by atoms with E-state index in [0.29, 0.717) is 5.69 Å². The topological polar surface area (TPSA) is 64.7 Å². The van der Waals surface area contributed by atoms with Crippen molar-refractivity contribution in [1.82, 2.24) is 19.6 Å². The molecule has 3 aromatic rings. The van der Waals surface area contributed by atoms with Gasteiger partial charge in [-0.2, -0.15) is 23.4 Å². The summed E-state index contributed by atoms with van der Waals surface area (Å²) in [5, 5.41) is 10.5. The molecule has 4 rings (SSSR count). The van der Waals surface area contributed by atoms with Gasteiger partial charge in [0.2, 0.25) is 5.91 Å². The van der Waals surface area contributed by atoms with Crippen LogP contribution in [-0.2, 0) is 24.1 Å². The summed E-state index contributed by atoms with van der Waals surface area (Å²) in [6, 6.07) is 5.82. The minimum Gasteiger partial charge on any atom is -0.308 e. The second-order valence-corrected chi connectivity index (χ2v) is 8.32. The Morgan fingerprint density at radius 1 is 1.26 bits per heavy atom. The van der Waals surface area contributed by atoms with Crippen LogP contribution in [0, 0.1) is 5.82 Å². The van der Waals surface area contributed by atoms with Crippen LogP contribution in [-0.4, -0.2) is 25.5 Å². The molecule has 0 aliphatic heterocycles. The molecule has 1 N–H and O–H groups in total. The first-order chi connectivity index (χ1) is 14.6. The van der Waals surface area contributed by atoms with E-state index in [1.807, 2.05) is 0 Å². The maximum absolute atomic E-state index is 13.9. The van der Waals surface area contributed by atoms with E-state index in [1.165, 1.54) is 29.1 Å². The molecule has 1 aliphatic rings. The van der Waals surface area contributed by atoms with Crippen LogP contribution in [0.2, 0.25) is 5.02 Å². The molecule has 6 nitrogen and oxygen atoms in total. The number of halogens is 6. The SMILES string of the molecule is O=C(Cn1nc(C(F)(F)F)c(Br)c1C1CC1)Nc1ccn(Cc2c(F)cccc2Cl)n1. The molecular weight excluding hydrogens is 506 g/mol. The highest BCUT2D eigenvalue weighted by molar-refractivity contribution is 9.10. The first-order valence-corrected chi connectivity index (χ1v) is 10.4. The average Bonchev–Trinajstić information content (AvgIpc) is 3.32. The van der Waals surface area contributed by atoms with Crippen molar-refractivity contribution in [2.24, 2.45) is 0 Å². The summed E-state index contributed by atoms with van der Waals surface area (Å²) in [6.07, 6.45) is -1.62. The first-order valence-electron chi connectivity index (χ1n) is 9.23. The Labute approximate surface area is 187 Å². The van der Waals surface area contributed by atoms with Crippen LogP contribution in [0.1, 0.15) is 35.7 Å². The molecule has 0 unspecified atom stereocenters. The molecule has 2 aromatic heterocycles. The number of hydrogen-bond acceptors (Lipinski definition) is 3. The van der Waals surface area contributed by atoms with Gasteiger partial charge in [-0.1, -0.05) is 17.7 Å². The fourth-order valence-corrected chi connectivity index (χ4v) is 4.24. The Bertz CT molecular complexity index is 1120. The summed E-state index contributed by atoms with van der Waals surface area (Å²) in [5.74, 6) is -0.950. The molecule has 12 heteroatoms. The molecule has 1 fully saturated rings. The molecule has 1 aliphatic carbocycles. The zero-order chi connectivity index (χ0) is 22.3. The Morgan fingerprint density at radius 3 is 2.65 bits per heavy atom. The van der Waals surface area contributed by atoms with Crippen molar-refractivity contribution in [1.29, 1.82) is 0 Å². The zero-order valence-electron chi connectivity index (χ0n) is 15.8. The van der Waals surface area contributed by atoms with Crippen LogP contribution in [0.5, 0.6) is 0 Å². The molecule has 164 valence electrons. The van der Waals surface area contributed by atoms with Crippen molar-refractivity contribution in [2.75, 3.05) is 5.32 Å². The van der Waals surface area contributed by atoms with Crippen LogP contribution in [0.25, 0.3) is 0 Å². The Balaban J connectivity index is 1.47. The fraction of sp³-hybridized carbons (Fsp3) is 0.316. The Morgan fingerprint density at radius 2 is 2.00 bits per heavy atom. The molecular formula is C19H15BrClF4N5O. The number of carbonyl (C=O) groups excluding carboxylic acids is 1. The van der Waals surface area contributed by atoms with Gasteiger partial charge < -0.3 is 5.32 Å². The van der Waals surface area contributed by atoms with Crippen molar-refractivity contribution in [3.05, 3.63) is 62.7 Å². The number of aromatic nitrogens is 4. The number of nitrogens with one attached hydrogen (secondary N) is 1. The summed E-state index contributed by atoms with van der Waals surface area (Å²) in [5.41, 5.74) is -0.435. The maximum Gasteiger partial charge on any atom is 0.436 e. The minimum absolute atomic E-state index is 0.0499. The fourth-order valence-electron chi connectivity index (χ4n) is 3.18. The van der Waals surface area contributed by atoms with Crippen molar-refractivity contribution in [3.8, 4) is 0 Å². The molecule has 0 bridgehead atoms. The monoisotopic (exact) mass is 519 g/mol. The highest BCUT2D eigenvalue weighted by atomic mass is 79.9. The molecule has 0 saturated heterocycles. The summed E-state index contributed by atoms with van der Waals surface area (Å²) in [6.45, 7) is -0.346. The van der Waals surface area contributed by atoms with Crippen LogP contribution >= 0.6 is 27.5 Å². The predicted octanol–water partition coefficient (Wildman–Crippen LogP) is 5.22. The molecule has 1 aromatic carbocycles. The van der Waals surface area contributed by atoms with E-state index in [9.17, 15) is 22.4 Å². The lowest BCUT2D eigenvalue weighted by Crippen LogP contribution is -2.21. The van der Waals surface area contributed by atoms with Gasteiger partial charge in [0.25, 0.3) is 0 Å². The number of benzene rings is 1. The summed E-state index contributed by atoms with van der Waals surface area (Å²) in [7, 11) is 0. The van der Waals surface area contributed by atoms with E-state index in [4.69, 9.17) is 11.6 Å². The van der Waals surface area contributed by atoms with Crippen LogP contribution < -0.4 is 5.32 Å². The molecule has 2 heterocycles. The third-order valence-corrected chi connectivity index (χ3v) is 5.88. The second kappa shape index (κ2) is 8.27. The number of anilines is 1. The van der Waals surface area contributed by atoms with E-state index >= 15 is 0 Å². The number of amides is 1. The number of carbonyl (C=O) groups is 1. The summed E-state index contributed by atoms with van der Waals surface area (Å²) in [4.78, 5) is 12.4. The largest absolute Gasteiger partial charge is 0.436 e. The van der Waals surface area contributed by atoms with Gasteiger partial charge in [-0.25, -0.2) is 4.39 Å². The van der Waals surface area contributed by atoms with Crippen molar-refractivity contribution < 1.29 is 22.4 Å². The third-order valence-electron chi connectivity index (χ3n) is 4.75. The van der Waals surface area contributed by atoms with E-state index in [2.05, 4.69) is 31.4 Å². The molecule has 31 heavy (non-hydrogen) atoms. The smallest absolute Gasteiger partial charge is 0.308 e. The lowest BCUT2D eigenvalue weighted by Gasteiger charge is -2.07. The Kier molecular flexibility index (Phi) is 5.82. The van der Waals surface area contributed by atoms with Gasteiger partial charge >= 0.3 is 6.18 Å². The maximum atomic E-state index is 13.9. The predicted molar refractivity (Wildman–Crippen MR) is 108 cm³/mol. The van der Waals surface area contributed by atoms with Crippen LogP contribution in [0.4, 0.5) is 23.4 Å². The van der Waals surface area contributed by atoms with E-state index in [1.54, 1.807) is 6.07 Å². The number of rotatable bonds is 6. The van der Waals surface area contributed by atoms with Gasteiger partial charge in [-0.15, -0.1) is 0 Å². The van der Waals surface area contributed by atoms with Gasteiger partial charge in [0.1, 0.15) is 12.4 Å². The highest BCUT2D eigenvalue weighted by Gasteiger charge is 2.42. The van der Waals surface area contributed by atoms with E-state index in [-0.39, 0.29) is 33.3 Å². The van der Waals surface area contributed by atoms with Crippen LogP contribution in [0.15, 0.2) is 34.9 Å². The lowest BCUT2D eigenvalue weighted by atomic mass is 10.2. The van der Waals surface area contributed by atoms with E-state index in [0.717, 1.165) is 17.5 Å². The quantitative estimate of drug-likeness (QED) is 0.454. The standard InChI is InChI=1S/C19H15BrClF4N5O/c20-16-17(10-4-5-10)30(28-18(16)19(23,24)25)9-15(31)26-14-6-7-29(27-14)8-11-12(21)2-1-3-13(11)22/h1-3,6-7,10H,4-5,8-9H2,(H,26,27,31). The van der Waals surface area contributed by atoms with Crippen molar-refractivity contribution in [2.45, 2.75) is 38.0 Å². The number of alkyl halides is 3. The van der Waals surface area contributed by atoms with Crippen molar-refractivity contribution >= 4 is 39.3 Å². The van der Waals surface area contributed by atoms with Gasteiger partial charge in [0.15, 0.2) is 11.5 Å². The zero-order valence-corrected chi connectivity index (χ0v) is 18.1. The summed E-state index contributed by atoms with van der Waals surface area (Å²) < 4.78 is 55.9. The molecule has 0 atom stereocenters. The van der Waals surface area contributed by atoms with E-state index < -0.39 is 30.1 Å². The third kappa shape index (κ3) is 4.77. The van der Waals surface area contributed by atoms with Crippen LogP contribution in [0.3, 0.4) is 0 Å². The molecule has 1 amide bonds. The molecule has 1 saturated carbocycles. The number of hydrogen-bond donors (Lipinski definition) is 1. The van der Waals surface area contributed by atoms with Gasteiger partial charge in [-0.05, 0) is 40.9 Å². The van der Waals surface area contributed by atoms with Gasteiger partial charge in [-0.3, -0.25) is 14.2 Å². The lowest BCUT2D eigenvalue weighted by molar-refractivity contribution is -0.142. The molecule has 0 radical (unpaired) electrons. The van der Waals surface area contributed by atoms with Gasteiger partial charge in [0.05, 0.1) is 16.7 Å². The summed E-state index contributed by atoms with van der Waals surface area (Å²) >= 11 is 9.00. The minimum atomic E-state index is -4.63. The van der Waals surface area contributed by atoms with Gasteiger partial charge in [0, 0.05) is 28.8 Å². The molecule has 0 spiro atoms. The highest BCUT2D eigenvalue weighted by Crippen LogP contribution is 2.46. The first kappa shape index (κ1) is 21.8. The van der Waals surface area contributed by atoms with Crippen molar-refractivity contribution in [3.63, 3.8) is 0 Å². The average molecular weight is 521 g/mol. The second-order valence-electron chi connectivity index (χ2n) is 7.12. The normalized spacial score (nSPS) is 14.1. The number of nitrogens with zero attached hydrogens (tertiary/aromatic N) is 4. The Hall–Kier alpha value is -2.40.